The standard InChI is InChI=1S/C10H14BrNO/c1-3-12-8-7-10(11)6-5-9-13-4-2/h3,5-8H,1,4,9H2,2H3/b6-5+,10-7+,12-8?. The van der Waals surface area contributed by atoms with Crippen molar-refractivity contribution < 1.29 is 4.74 Å². The number of rotatable bonds is 6. The Balaban J connectivity index is 3.76. The van der Waals surface area contributed by atoms with Crippen LogP contribution in [0.25, 0.3) is 0 Å². The van der Waals surface area contributed by atoms with Gasteiger partial charge < -0.3 is 4.74 Å². The van der Waals surface area contributed by atoms with Gasteiger partial charge in [-0.25, -0.2) is 0 Å². The number of allylic oxidation sites excluding steroid dienone is 3. The smallest absolute Gasteiger partial charge is 0.0650 e. The molecule has 0 fully saturated rings. The summed E-state index contributed by atoms with van der Waals surface area (Å²) in [5.41, 5.74) is 0. The fourth-order valence-electron chi connectivity index (χ4n) is 0.577. The SMILES string of the molecule is C=CN=C/C=C(Br)\C=C\COCC. The first-order valence-corrected chi connectivity index (χ1v) is 4.84. The first-order valence-electron chi connectivity index (χ1n) is 4.05. The molecule has 0 aromatic carbocycles. The van der Waals surface area contributed by atoms with Crippen LogP contribution in [0.5, 0.6) is 0 Å². The van der Waals surface area contributed by atoms with E-state index in [1.807, 2.05) is 25.2 Å². The number of halogens is 1. The van der Waals surface area contributed by atoms with Gasteiger partial charge in [0.2, 0.25) is 0 Å². The molecular formula is C10H14BrNO. The Morgan fingerprint density at radius 1 is 1.62 bits per heavy atom. The molecule has 0 radical (unpaired) electrons. The molecule has 0 aromatic heterocycles. The molecule has 0 aliphatic carbocycles. The van der Waals surface area contributed by atoms with Crippen molar-refractivity contribution in [1.82, 2.24) is 0 Å². The highest BCUT2D eigenvalue weighted by atomic mass is 79.9. The minimum Gasteiger partial charge on any atom is -0.378 e. The van der Waals surface area contributed by atoms with E-state index in [0.717, 1.165) is 11.1 Å². The van der Waals surface area contributed by atoms with Crippen LogP contribution in [0.4, 0.5) is 0 Å². The van der Waals surface area contributed by atoms with Gasteiger partial charge in [0.25, 0.3) is 0 Å². The lowest BCUT2D eigenvalue weighted by Gasteiger charge is -1.92. The minimum absolute atomic E-state index is 0.637. The molecule has 3 heteroatoms. The van der Waals surface area contributed by atoms with E-state index in [0.29, 0.717) is 6.61 Å². The Hall–Kier alpha value is -0.670. The average molecular weight is 244 g/mol. The Morgan fingerprint density at radius 2 is 2.38 bits per heavy atom. The number of nitrogens with zero attached hydrogens (tertiary/aromatic N) is 1. The fourth-order valence-corrected chi connectivity index (χ4v) is 0.882. The normalized spacial score (nSPS) is 12.9. The van der Waals surface area contributed by atoms with Crippen molar-refractivity contribution in [2.24, 2.45) is 4.99 Å². The van der Waals surface area contributed by atoms with Crippen LogP contribution in [0.3, 0.4) is 0 Å². The third kappa shape index (κ3) is 9.24. The first-order chi connectivity index (χ1) is 6.31. The molecule has 0 saturated heterocycles. The maximum atomic E-state index is 5.12. The van der Waals surface area contributed by atoms with Crippen molar-refractivity contribution >= 4 is 22.1 Å². The van der Waals surface area contributed by atoms with Crippen LogP contribution >= 0.6 is 15.9 Å². The summed E-state index contributed by atoms with van der Waals surface area (Å²) in [5, 5.41) is 0. The summed E-state index contributed by atoms with van der Waals surface area (Å²) in [6, 6.07) is 0. The van der Waals surface area contributed by atoms with Crippen LogP contribution in [0, 0.1) is 0 Å². The van der Waals surface area contributed by atoms with Crippen LogP contribution in [0.15, 0.2) is 40.5 Å². The summed E-state index contributed by atoms with van der Waals surface area (Å²) in [7, 11) is 0. The van der Waals surface area contributed by atoms with Gasteiger partial charge in [-0.05, 0) is 19.1 Å². The lowest BCUT2D eigenvalue weighted by atomic mass is 10.4. The third-order valence-corrected chi connectivity index (χ3v) is 1.65. The van der Waals surface area contributed by atoms with Crippen LogP contribution in [-0.2, 0) is 4.74 Å². The monoisotopic (exact) mass is 243 g/mol. The van der Waals surface area contributed by atoms with Crippen LogP contribution in [0.2, 0.25) is 0 Å². The second-order valence-corrected chi connectivity index (χ2v) is 3.01. The number of aliphatic imine (C=N–C) groups is 1. The van der Waals surface area contributed by atoms with Gasteiger partial charge in [0.1, 0.15) is 0 Å². The molecule has 0 heterocycles. The molecule has 0 unspecified atom stereocenters. The molecule has 0 N–H and O–H groups in total. The molecule has 0 spiro atoms. The summed E-state index contributed by atoms with van der Waals surface area (Å²) in [4.78, 5) is 3.82. The van der Waals surface area contributed by atoms with Gasteiger partial charge in [-0.1, -0.05) is 28.6 Å². The zero-order valence-electron chi connectivity index (χ0n) is 7.74. The van der Waals surface area contributed by atoms with Gasteiger partial charge in [-0.15, -0.1) is 0 Å². The van der Waals surface area contributed by atoms with E-state index in [2.05, 4.69) is 27.5 Å². The molecule has 72 valence electrons. The van der Waals surface area contributed by atoms with E-state index in [9.17, 15) is 0 Å². The average Bonchev–Trinajstić information content (AvgIpc) is 2.13. The van der Waals surface area contributed by atoms with Crippen molar-refractivity contribution in [3.05, 3.63) is 35.5 Å². The predicted octanol–water partition coefficient (Wildman–Crippen LogP) is 3.07. The molecule has 0 aromatic rings. The molecule has 13 heavy (non-hydrogen) atoms. The van der Waals surface area contributed by atoms with Crippen molar-refractivity contribution in [1.29, 1.82) is 0 Å². The van der Waals surface area contributed by atoms with E-state index >= 15 is 0 Å². The van der Waals surface area contributed by atoms with E-state index in [-0.39, 0.29) is 0 Å². The zero-order chi connectivity index (χ0) is 9.94. The summed E-state index contributed by atoms with van der Waals surface area (Å²) in [5.74, 6) is 0. The van der Waals surface area contributed by atoms with Gasteiger partial charge >= 0.3 is 0 Å². The van der Waals surface area contributed by atoms with E-state index in [1.54, 1.807) is 6.21 Å². The molecule has 0 aliphatic rings. The molecular weight excluding hydrogens is 230 g/mol. The van der Waals surface area contributed by atoms with Crippen molar-refractivity contribution in [2.45, 2.75) is 6.92 Å². The molecule has 0 atom stereocenters. The van der Waals surface area contributed by atoms with Gasteiger partial charge in [-0.2, -0.15) is 0 Å². The van der Waals surface area contributed by atoms with Crippen molar-refractivity contribution in [3.8, 4) is 0 Å². The largest absolute Gasteiger partial charge is 0.378 e. The highest BCUT2D eigenvalue weighted by molar-refractivity contribution is 9.11. The highest BCUT2D eigenvalue weighted by Crippen LogP contribution is 2.04. The predicted molar refractivity (Wildman–Crippen MR) is 61.3 cm³/mol. The zero-order valence-corrected chi connectivity index (χ0v) is 9.33. The van der Waals surface area contributed by atoms with E-state index in [1.165, 1.54) is 6.20 Å². The van der Waals surface area contributed by atoms with E-state index < -0.39 is 0 Å². The third-order valence-electron chi connectivity index (χ3n) is 1.12. The lowest BCUT2D eigenvalue weighted by Crippen LogP contribution is -1.87. The van der Waals surface area contributed by atoms with Gasteiger partial charge in [-0.3, -0.25) is 4.99 Å². The maximum absolute atomic E-state index is 5.12. The van der Waals surface area contributed by atoms with Gasteiger partial charge in [0, 0.05) is 23.5 Å². The molecule has 0 rings (SSSR count). The maximum Gasteiger partial charge on any atom is 0.0650 e. The summed E-state index contributed by atoms with van der Waals surface area (Å²) in [6.07, 6.45) is 8.85. The van der Waals surface area contributed by atoms with Crippen LogP contribution < -0.4 is 0 Å². The fraction of sp³-hybridized carbons (Fsp3) is 0.300. The highest BCUT2D eigenvalue weighted by Gasteiger charge is 1.81. The topological polar surface area (TPSA) is 21.6 Å². The Morgan fingerprint density at radius 3 is 3.00 bits per heavy atom. The van der Waals surface area contributed by atoms with Crippen molar-refractivity contribution in [2.75, 3.05) is 13.2 Å². The molecule has 0 saturated carbocycles. The molecule has 0 amide bonds. The van der Waals surface area contributed by atoms with Gasteiger partial charge in [0.05, 0.1) is 6.61 Å². The molecule has 0 bridgehead atoms. The van der Waals surface area contributed by atoms with Crippen LogP contribution in [0.1, 0.15) is 6.92 Å². The molecule has 0 aliphatic heterocycles. The van der Waals surface area contributed by atoms with Crippen molar-refractivity contribution in [3.63, 3.8) is 0 Å². The molecule has 2 nitrogen and oxygen atoms in total. The summed E-state index contributed by atoms with van der Waals surface area (Å²) in [6.45, 7) is 6.81. The number of hydrogen-bond donors (Lipinski definition) is 0. The Bertz CT molecular complexity index is 219. The summed E-state index contributed by atoms with van der Waals surface area (Å²) < 4.78 is 6.08. The summed E-state index contributed by atoms with van der Waals surface area (Å²) >= 11 is 3.35. The number of ether oxygens (including phenoxy) is 1. The number of hydrogen-bond acceptors (Lipinski definition) is 2. The van der Waals surface area contributed by atoms with Gasteiger partial charge in [0.15, 0.2) is 0 Å². The minimum atomic E-state index is 0.637. The van der Waals surface area contributed by atoms with Crippen LogP contribution in [-0.4, -0.2) is 19.4 Å². The first kappa shape index (κ1) is 12.3. The Labute approximate surface area is 87.8 Å². The lowest BCUT2D eigenvalue weighted by molar-refractivity contribution is 0.177. The Kier molecular flexibility index (Phi) is 8.93. The second kappa shape index (κ2) is 9.42. The van der Waals surface area contributed by atoms with E-state index in [4.69, 9.17) is 4.74 Å². The second-order valence-electron chi connectivity index (χ2n) is 2.09. The quantitative estimate of drug-likeness (QED) is 0.399.